The van der Waals surface area contributed by atoms with Crippen LogP contribution in [-0.4, -0.2) is 10.1 Å². The molecule has 3 N–H and O–H groups in total. The lowest BCUT2D eigenvalue weighted by Gasteiger charge is -2.00. The Morgan fingerprint density at radius 1 is 1.43 bits per heavy atom. The standard InChI is InChI=1S/C9H7FN2OS/c10-5-1-2-6(8(13)3-5)7-4-14-9(11)12-7/h1-4,13H,(H2,11,12). The molecule has 0 amide bonds. The lowest BCUT2D eigenvalue weighted by atomic mass is 10.1. The first-order chi connectivity index (χ1) is 6.66. The highest BCUT2D eigenvalue weighted by atomic mass is 32.1. The fourth-order valence-corrected chi connectivity index (χ4v) is 1.70. The Hall–Kier alpha value is -1.62. The van der Waals surface area contributed by atoms with Crippen LogP contribution in [0.4, 0.5) is 9.52 Å². The number of aromatic nitrogens is 1. The molecule has 72 valence electrons. The van der Waals surface area contributed by atoms with Crippen molar-refractivity contribution in [3.63, 3.8) is 0 Å². The Morgan fingerprint density at radius 2 is 2.21 bits per heavy atom. The predicted octanol–water partition coefficient (Wildman–Crippen LogP) is 2.24. The summed E-state index contributed by atoms with van der Waals surface area (Å²) >= 11 is 1.27. The summed E-state index contributed by atoms with van der Waals surface area (Å²) in [6.07, 6.45) is 0. The Kier molecular flexibility index (Phi) is 2.09. The number of hydrogen-bond acceptors (Lipinski definition) is 4. The number of anilines is 1. The van der Waals surface area contributed by atoms with Gasteiger partial charge in [-0.1, -0.05) is 0 Å². The first-order valence-corrected chi connectivity index (χ1v) is 4.74. The Balaban J connectivity index is 2.52. The quantitative estimate of drug-likeness (QED) is 0.758. The smallest absolute Gasteiger partial charge is 0.180 e. The minimum atomic E-state index is -0.477. The number of phenols is 1. The first kappa shape index (κ1) is 8.96. The van der Waals surface area contributed by atoms with Crippen molar-refractivity contribution < 1.29 is 9.50 Å². The number of hydrogen-bond donors (Lipinski definition) is 2. The first-order valence-electron chi connectivity index (χ1n) is 3.87. The topological polar surface area (TPSA) is 59.1 Å². The van der Waals surface area contributed by atoms with Crippen LogP contribution in [-0.2, 0) is 0 Å². The van der Waals surface area contributed by atoms with Crippen molar-refractivity contribution >= 4 is 16.5 Å². The van der Waals surface area contributed by atoms with Crippen LogP contribution in [0.25, 0.3) is 11.3 Å². The minimum Gasteiger partial charge on any atom is -0.507 e. The fraction of sp³-hybridized carbons (Fsp3) is 0. The molecular formula is C9H7FN2OS. The van der Waals surface area contributed by atoms with Gasteiger partial charge in [0.25, 0.3) is 0 Å². The van der Waals surface area contributed by atoms with E-state index in [9.17, 15) is 9.50 Å². The zero-order chi connectivity index (χ0) is 10.1. The minimum absolute atomic E-state index is 0.129. The summed E-state index contributed by atoms with van der Waals surface area (Å²) in [6.45, 7) is 0. The number of phenolic OH excluding ortho intramolecular Hbond substituents is 1. The van der Waals surface area contributed by atoms with Gasteiger partial charge in [-0.05, 0) is 12.1 Å². The summed E-state index contributed by atoms with van der Waals surface area (Å²) in [4.78, 5) is 3.99. The van der Waals surface area contributed by atoms with Gasteiger partial charge < -0.3 is 10.8 Å². The van der Waals surface area contributed by atoms with Crippen molar-refractivity contribution in [2.45, 2.75) is 0 Å². The number of nitrogens with zero attached hydrogens (tertiary/aromatic N) is 1. The molecule has 2 aromatic rings. The van der Waals surface area contributed by atoms with E-state index in [1.54, 1.807) is 5.38 Å². The maximum Gasteiger partial charge on any atom is 0.180 e. The maximum absolute atomic E-state index is 12.7. The highest BCUT2D eigenvalue weighted by molar-refractivity contribution is 7.13. The van der Waals surface area contributed by atoms with E-state index in [1.807, 2.05) is 0 Å². The van der Waals surface area contributed by atoms with Crippen LogP contribution in [0.2, 0.25) is 0 Å². The van der Waals surface area contributed by atoms with Gasteiger partial charge in [0.1, 0.15) is 11.6 Å². The highest BCUT2D eigenvalue weighted by Crippen LogP contribution is 2.30. The molecule has 1 aromatic heterocycles. The van der Waals surface area contributed by atoms with E-state index in [2.05, 4.69) is 4.98 Å². The van der Waals surface area contributed by atoms with E-state index in [0.29, 0.717) is 16.4 Å². The van der Waals surface area contributed by atoms with E-state index >= 15 is 0 Å². The van der Waals surface area contributed by atoms with Crippen molar-refractivity contribution in [2.24, 2.45) is 0 Å². The molecule has 0 unspecified atom stereocenters. The van der Waals surface area contributed by atoms with Crippen molar-refractivity contribution in [3.05, 3.63) is 29.4 Å². The van der Waals surface area contributed by atoms with Gasteiger partial charge in [0.2, 0.25) is 0 Å². The van der Waals surface area contributed by atoms with E-state index in [4.69, 9.17) is 5.73 Å². The zero-order valence-corrected chi connectivity index (χ0v) is 7.88. The second-order valence-electron chi connectivity index (χ2n) is 2.73. The monoisotopic (exact) mass is 210 g/mol. The number of halogens is 1. The molecule has 0 aliphatic carbocycles. The molecular weight excluding hydrogens is 203 g/mol. The predicted molar refractivity (Wildman–Crippen MR) is 53.6 cm³/mol. The largest absolute Gasteiger partial charge is 0.507 e. The molecule has 1 aromatic carbocycles. The van der Waals surface area contributed by atoms with Crippen LogP contribution >= 0.6 is 11.3 Å². The van der Waals surface area contributed by atoms with Gasteiger partial charge in [-0.15, -0.1) is 11.3 Å². The van der Waals surface area contributed by atoms with E-state index < -0.39 is 5.82 Å². The van der Waals surface area contributed by atoms with Gasteiger partial charge in [-0.2, -0.15) is 0 Å². The second kappa shape index (κ2) is 3.26. The average molecular weight is 210 g/mol. The number of rotatable bonds is 1. The third-order valence-electron chi connectivity index (χ3n) is 1.76. The number of thiazole rings is 1. The molecule has 5 heteroatoms. The molecule has 2 rings (SSSR count). The molecule has 0 aliphatic rings. The maximum atomic E-state index is 12.7. The highest BCUT2D eigenvalue weighted by Gasteiger charge is 2.08. The molecule has 0 radical (unpaired) electrons. The fourth-order valence-electron chi connectivity index (χ4n) is 1.13. The molecule has 3 nitrogen and oxygen atoms in total. The molecule has 0 saturated carbocycles. The summed E-state index contributed by atoms with van der Waals surface area (Å²) in [5.41, 5.74) is 6.49. The molecule has 1 heterocycles. The summed E-state index contributed by atoms with van der Waals surface area (Å²) in [7, 11) is 0. The van der Waals surface area contributed by atoms with Gasteiger partial charge in [0, 0.05) is 17.0 Å². The number of aromatic hydroxyl groups is 1. The third kappa shape index (κ3) is 1.54. The van der Waals surface area contributed by atoms with Crippen molar-refractivity contribution in [1.82, 2.24) is 4.98 Å². The van der Waals surface area contributed by atoms with E-state index in [-0.39, 0.29) is 5.75 Å². The van der Waals surface area contributed by atoms with Crippen LogP contribution in [0.1, 0.15) is 0 Å². The summed E-state index contributed by atoms with van der Waals surface area (Å²) < 4.78 is 12.7. The Labute approximate surface area is 83.6 Å². The third-order valence-corrected chi connectivity index (χ3v) is 2.43. The van der Waals surface area contributed by atoms with Gasteiger partial charge in [0.15, 0.2) is 5.13 Å². The number of benzene rings is 1. The molecule has 0 fully saturated rings. The zero-order valence-electron chi connectivity index (χ0n) is 7.07. The van der Waals surface area contributed by atoms with Gasteiger partial charge in [-0.3, -0.25) is 0 Å². The van der Waals surface area contributed by atoms with Crippen LogP contribution in [0.3, 0.4) is 0 Å². The molecule has 0 bridgehead atoms. The molecule has 14 heavy (non-hydrogen) atoms. The van der Waals surface area contributed by atoms with Gasteiger partial charge in [-0.25, -0.2) is 9.37 Å². The van der Waals surface area contributed by atoms with Crippen LogP contribution in [0.5, 0.6) is 5.75 Å². The van der Waals surface area contributed by atoms with Crippen LogP contribution < -0.4 is 5.73 Å². The summed E-state index contributed by atoms with van der Waals surface area (Å²) in [5.74, 6) is -0.607. The number of nitrogen functional groups attached to an aromatic ring is 1. The van der Waals surface area contributed by atoms with Gasteiger partial charge >= 0.3 is 0 Å². The molecule has 0 saturated heterocycles. The van der Waals surface area contributed by atoms with Crippen molar-refractivity contribution in [1.29, 1.82) is 0 Å². The lowest BCUT2D eigenvalue weighted by molar-refractivity contribution is 0.471. The number of nitrogens with two attached hydrogens (primary N) is 1. The molecule has 0 spiro atoms. The summed E-state index contributed by atoms with van der Waals surface area (Å²) in [6, 6.07) is 3.79. The van der Waals surface area contributed by atoms with Crippen molar-refractivity contribution in [3.8, 4) is 17.0 Å². The Bertz CT molecular complexity index is 470. The second-order valence-corrected chi connectivity index (χ2v) is 3.62. The molecule has 0 atom stereocenters. The summed E-state index contributed by atoms with van der Waals surface area (Å²) in [5, 5.41) is 11.6. The lowest BCUT2D eigenvalue weighted by Crippen LogP contribution is -1.84. The molecule has 0 aliphatic heterocycles. The van der Waals surface area contributed by atoms with E-state index in [1.165, 1.54) is 23.5 Å². The SMILES string of the molecule is Nc1nc(-c2ccc(F)cc2O)cs1. The van der Waals surface area contributed by atoms with Gasteiger partial charge in [0.05, 0.1) is 5.69 Å². The normalized spacial score (nSPS) is 10.4. The Morgan fingerprint density at radius 3 is 2.79 bits per heavy atom. The van der Waals surface area contributed by atoms with Crippen LogP contribution in [0.15, 0.2) is 23.6 Å². The van der Waals surface area contributed by atoms with E-state index in [0.717, 1.165) is 6.07 Å². The van der Waals surface area contributed by atoms with Crippen molar-refractivity contribution in [2.75, 3.05) is 5.73 Å². The van der Waals surface area contributed by atoms with Crippen LogP contribution in [0, 0.1) is 5.82 Å². The average Bonchev–Trinajstić information content (AvgIpc) is 2.51.